The van der Waals surface area contributed by atoms with Crippen molar-refractivity contribution in [3.63, 3.8) is 0 Å². The topological polar surface area (TPSA) is 28.2 Å². The maximum atomic E-state index is 4.41. The fourth-order valence-electron chi connectivity index (χ4n) is 1.73. The molecule has 0 aromatic carbocycles. The first-order valence-electron chi connectivity index (χ1n) is 6.63. The Morgan fingerprint density at radius 1 is 1.29 bits per heavy atom. The van der Waals surface area contributed by atoms with Crippen molar-refractivity contribution in [2.24, 2.45) is 0 Å². The van der Waals surface area contributed by atoms with Crippen LogP contribution in [0.25, 0.3) is 0 Å². The molecular formula is C14H25N3. The van der Waals surface area contributed by atoms with Crippen molar-refractivity contribution in [2.75, 3.05) is 25.5 Å². The number of nitrogens with one attached hydrogen (secondary N) is 1. The summed E-state index contributed by atoms with van der Waals surface area (Å²) < 4.78 is 0. The lowest BCUT2D eigenvalue weighted by Crippen LogP contribution is -2.19. The highest BCUT2D eigenvalue weighted by molar-refractivity contribution is 5.43. The van der Waals surface area contributed by atoms with Gasteiger partial charge < -0.3 is 10.2 Å². The smallest absolute Gasteiger partial charge is 0.0564 e. The molecule has 0 saturated heterocycles. The number of anilines is 1. The first-order chi connectivity index (χ1) is 8.26. The highest BCUT2D eigenvalue weighted by Crippen LogP contribution is 2.09. The molecule has 1 rings (SSSR count). The zero-order valence-electron chi connectivity index (χ0n) is 11.4. The zero-order valence-corrected chi connectivity index (χ0v) is 11.4. The van der Waals surface area contributed by atoms with E-state index in [1.54, 1.807) is 0 Å². The van der Waals surface area contributed by atoms with Crippen LogP contribution in [0.2, 0.25) is 0 Å². The zero-order chi connectivity index (χ0) is 12.5. The van der Waals surface area contributed by atoms with Crippen LogP contribution >= 0.6 is 0 Å². The molecule has 1 aromatic heterocycles. The molecule has 0 bridgehead atoms. The molecule has 0 radical (unpaired) electrons. The van der Waals surface area contributed by atoms with Crippen LogP contribution in [0, 0.1) is 0 Å². The molecule has 0 atom stereocenters. The van der Waals surface area contributed by atoms with Crippen molar-refractivity contribution >= 4 is 5.69 Å². The highest BCUT2D eigenvalue weighted by Gasteiger charge is 2.01. The molecule has 1 N–H and O–H groups in total. The Morgan fingerprint density at radius 3 is 2.82 bits per heavy atom. The van der Waals surface area contributed by atoms with E-state index in [2.05, 4.69) is 42.2 Å². The minimum atomic E-state index is 0.932. The van der Waals surface area contributed by atoms with Crippen molar-refractivity contribution in [3.05, 3.63) is 24.0 Å². The lowest BCUT2D eigenvalue weighted by molar-refractivity contribution is 0.317. The first-order valence-corrected chi connectivity index (χ1v) is 6.63. The maximum Gasteiger partial charge on any atom is 0.0564 e. The van der Waals surface area contributed by atoms with Crippen LogP contribution in [-0.2, 0) is 6.54 Å². The van der Waals surface area contributed by atoms with E-state index in [0.29, 0.717) is 0 Å². The van der Waals surface area contributed by atoms with E-state index >= 15 is 0 Å². The van der Waals surface area contributed by atoms with Crippen LogP contribution in [0.5, 0.6) is 0 Å². The molecular weight excluding hydrogens is 210 g/mol. The molecule has 0 spiro atoms. The molecule has 96 valence electrons. The Labute approximate surface area is 105 Å². The third-order valence-corrected chi connectivity index (χ3v) is 2.72. The molecule has 1 heterocycles. The molecule has 1 aromatic rings. The van der Waals surface area contributed by atoms with Gasteiger partial charge in [0.15, 0.2) is 0 Å². The largest absolute Gasteiger partial charge is 0.385 e. The summed E-state index contributed by atoms with van der Waals surface area (Å²) in [4.78, 5) is 6.74. The van der Waals surface area contributed by atoms with Gasteiger partial charge >= 0.3 is 0 Å². The van der Waals surface area contributed by atoms with Gasteiger partial charge in [0.05, 0.1) is 5.69 Å². The van der Waals surface area contributed by atoms with Gasteiger partial charge in [-0.05, 0) is 38.6 Å². The van der Waals surface area contributed by atoms with Gasteiger partial charge in [-0.1, -0.05) is 20.3 Å². The van der Waals surface area contributed by atoms with E-state index in [0.717, 1.165) is 31.7 Å². The lowest BCUT2D eigenvalue weighted by atomic mass is 10.2. The standard InChI is InChI=1S/C14H25N3/c1-4-6-10-17(3)12-14-11-13(7-9-16-14)15-8-5-2/h7,9,11H,4-6,8,10,12H2,1-3H3,(H,15,16). The summed E-state index contributed by atoms with van der Waals surface area (Å²) >= 11 is 0. The molecule has 0 aliphatic heterocycles. The molecule has 0 aliphatic rings. The Bertz CT molecular complexity index is 312. The van der Waals surface area contributed by atoms with Crippen molar-refractivity contribution in [1.82, 2.24) is 9.88 Å². The van der Waals surface area contributed by atoms with Crippen LogP contribution in [0.4, 0.5) is 5.69 Å². The minimum absolute atomic E-state index is 0.932. The van der Waals surface area contributed by atoms with Gasteiger partial charge in [0.1, 0.15) is 0 Å². The Morgan fingerprint density at radius 2 is 2.12 bits per heavy atom. The van der Waals surface area contributed by atoms with Crippen LogP contribution in [-0.4, -0.2) is 30.0 Å². The van der Waals surface area contributed by atoms with Gasteiger partial charge in [-0.15, -0.1) is 0 Å². The molecule has 0 saturated carbocycles. The second-order valence-corrected chi connectivity index (χ2v) is 4.55. The van der Waals surface area contributed by atoms with Gasteiger partial charge in [-0.3, -0.25) is 4.98 Å². The van der Waals surface area contributed by atoms with Gasteiger partial charge in [0, 0.05) is 25.0 Å². The molecule has 17 heavy (non-hydrogen) atoms. The Hall–Kier alpha value is -1.09. The van der Waals surface area contributed by atoms with Gasteiger partial charge in [0.2, 0.25) is 0 Å². The van der Waals surface area contributed by atoms with Crippen molar-refractivity contribution in [3.8, 4) is 0 Å². The number of nitrogens with zero attached hydrogens (tertiary/aromatic N) is 2. The summed E-state index contributed by atoms with van der Waals surface area (Å²) in [7, 11) is 2.16. The van der Waals surface area contributed by atoms with Gasteiger partial charge in [-0.2, -0.15) is 0 Å². The number of pyridine rings is 1. The maximum absolute atomic E-state index is 4.41. The molecule has 0 aliphatic carbocycles. The molecule has 0 amide bonds. The molecule has 0 fully saturated rings. The predicted molar refractivity (Wildman–Crippen MR) is 74.3 cm³/mol. The number of unbranched alkanes of at least 4 members (excludes halogenated alkanes) is 1. The summed E-state index contributed by atoms with van der Waals surface area (Å²) in [6.45, 7) is 7.50. The molecule has 0 unspecified atom stereocenters. The summed E-state index contributed by atoms with van der Waals surface area (Å²) in [5, 5.41) is 3.39. The summed E-state index contributed by atoms with van der Waals surface area (Å²) in [5.41, 5.74) is 2.32. The predicted octanol–water partition coefficient (Wildman–Crippen LogP) is 3.14. The van der Waals surface area contributed by atoms with Crippen LogP contribution in [0.15, 0.2) is 18.3 Å². The van der Waals surface area contributed by atoms with Crippen LogP contribution in [0.3, 0.4) is 0 Å². The third kappa shape index (κ3) is 5.68. The van der Waals surface area contributed by atoms with E-state index < -0.39 is 0 Å². The second kappa shape index (κ2) is 8.07. The normalized spacial score (nSPS) is 10.8. The second-order valence-electron chi connectivity index (χ2n) is 4.55. The van der Waals surface area contributed by atoms with Crippen molar-refractivity contribution < 1.29 is 0 Å². The van der Waals surface area contributed by atoms with Gasteiger partial charge in [-0.25, -0.2) is 0 Å². The Kier molecular flexibility index (Phi) is 6.63. The number of hydrogen-bond acceptors (Lipinski definition) is 3. The van der Waals surface area contributed by atoms with E-state index in [4.69, 9.17) is 0 Å². The SMILES string of the molecule is CCCCN(C)Cc1cc(NCCC)ccn1. The van der Waals surface area contributed by atoms with E-state index in [1.807, 2.05) is 12.3 Å². The van der Waals surface area contributed by atoms with Crippen molar-refractivity contribution in [2.45, 2.75) is 39.7 Å². The quantitative estimate of drug-likeness (QED) is 0.750. The highest BCUT2D eigenvalue weighted by atomic mass is 15.1. The number of aromatic nitrogens is 1. The summed E-state index contributed by atoms with van der Waals surface area (Å²) in [6, 6.07) is 4.18. The van der Waals surface area contributed by atoms with Crippen molar-refractivity contribution in [1.29, 1.82) is 0 Å². The number of hydrogen-bond donors (Lipinski definition) is 1. The first kappa shape index (κ1) is 14.0. The Balaban J connectivity index is 2.47. The van der Waals surface area contributed by atoms with E-state index in [-0.39, 0.29) is 0 Å². The van der Waals surface area contributed by atoms with Crippen LogP contribution < -0.4 is 5.32 Å². The summed E-state index contributed by atoms with van der Waals surface area (Å²) in [6.07, 6.45) is 5.54. The fourth-order valence-corrected chi connectivity index (χ4v) is 1.73. The van der Waals surface area contributed by atoms with E-state index in [9.17, 15) is 0 Å². The molecule has 3 heteroatoms. The summed E-state index contributed by atoms with van der Waals surface area (Å²) in [5.74, 6) is 0. The van der Waals surface area contributed by atoms with Gasteiger partial charge in [0.25, 0.3) is 0 Å². The average molecular weight is 235 g/mol. The average Bonchev–Trinajstić information content (AvgIpc) is 2.34. The lowest BCUT2D eigenvalue weighted by Gasteiger charge is -2.16. The minimum Gasteiger partial charge on any atom is -0.385 e. The number of rotatable bonds is 8. The molecule has 3 nitrogen and oxygen atoms in total. The fraction of sp³-hybridized carbons (Fsp3) is 0.643. The van der Waals surface area contributed by atoms with Crippen LogP contribution in [0.1, 0.15) is 38.8 Å². The van der Waals surface area contributed by atoms with E-state index in [1.165, 1.54) is 18.5 Å². The monoisotopic (exact) mass is 235 g/mol. The third-order valence-electron chi connectivity index (χ3n) is 2.72.